The van der Waals surface area contributed by atoms with Crippen molar-refractivity contribution < 1.29 is 0 Å². The predicted octanol–water partition coefficient (Wildman–Crippen LogP) is 3.93. The van der Waals surface area contributed by atoms with E-state index in [4.69, 9.17) is 0 Å². The van der Waals surface area contributed by atoms with Gasteiger partial charge in [0.15, 0.2) is 0 Å². The lowest BCUT2D eigenvalue weighted by molar-refractivity contribution is 0.0265. The average molecular weight is 247 g/mol. The van der Waals surface area contributed by atoms with Crippen LogP contribution in [0, 0.1) is 29.1 Å². The fourth-order valence-electron chi connectivity index (χ4n) is 6.06. The standard InChI is InChI=1S/C17H29N/c1-5-16(4)12(3)14(16)7-6-13-10-18-11(2)8-17(18)9-15(13)17/h11-15H,5-10H2,1-4H3. The number of nitrogens with zero attached hydrogens (tertiary/aromatic N) is 1. The molecule has 7 unspecified atom stereocenters. The van der Waals surface area contributed by atoms with E-state index in [2.05, 4.69) is 32.6 Å². The van der Waals surface area contributed by atoms with Crippen LogP contribution in [0.15, 0.2) is 0 Å². The third kappa shape index (κ3) is 1.23. The molecule has 2 saturated carbocycles. The second kappa shape index (κ2) is 3.34. The number of hydrogen-bond donors (Lipinski definition) is 0. The highest BCUT2D eigenvalue weighted by Crippen LogP contribution is 2.69. The monoisotopic (exact) mass is 247 g/mol. The van der Waals surface area contributed by atoms with Crippen molar-refractivity contribution in [3.63, 3.8) is 0 Å². The summed E-state index contributed by atoms with van der Waals surface area (Å²) in [5.74, 6) is 4.20. The van der Waals surface area contributed by atoms with Crippen LogP contribution in [-0.4, -0.2) is 23.0 Å². The molecule has 1 heteroatoms. The molecule has 0 radical (unpaired) electrons. The molecule has 0 bridgehead atoms. The van der Waals surface area contributed by atoms with E-state index in [0.717, 1.165) is 35.3 Å². The van der Waals surface area contributed by atoms with Gasteiger partial charge in [0.2, 0.25) is 0 Å². The molecule has 0 amide bonds. The Labute approximate surface area is 112 Å². The molecule has 4 fully saturated rings. The van der Waals surface area contributed by atoms with Crippen LogP contribution >= 0.6 is 0 Å². The van der Waals surface area contributed by atoms with Crippen LogP contribution in [0.3, 0.4) is 0 Å². The molecule has 1 spiro atoms. The Kier molecular flexibility index (Phi) is 2.18. The molecule has 2 saturated heterocycles. The van der Waals surface area contributed by atoms with Crippen LogP contribution in [-0.2, 0) is 0 Å². The van der Waals surface area contributed by atoms with Gasteiger partial charge >= 0.3 is 0 Å². The van der Waals surface area contributed by atoms with E-state index in [-0.39, 0.29) is 0 Å². The third-order valence-corrected chi connectivity index (χ3v) is 7.85. The third-order valence-electron chi connectivity index (χ3n) is 7.85. The first-order valence-electron chi connectivity index (χ1n) is 8.29. The summed E-state index contributed by atoms with van der Waals surface area (Å²) in [5, 5.41) is 0. The van der Waals surface area contributed by atoms with Crippen molar-refractivity contribution >= 4 is 0 Å². The van der Waals surface area contributed by atoms with Crippen molar-refractivity contribution in [1.82, 2.24) is 4.90 Å². The Morgan fingerprint density at radius 3 is 2.50 bits per heavy atom. The van der Waals surface area contributed by atoms with Crippen molar-refractivity contribution in [2.45, 2.75) is 71.4 Å². The van der Waals surface area contributed by atoms with Gasteiger partial charge in [0.1, 0.15) is 0 Å². The van der Waals surface area contributed by atoms with Gasteiger partial charge in [0.25, 0.3) is 0 Å². The van der Waals surface area contributed by atoms with Crippen LogP contribution in [0.5, 0.6) is 0 Å². The zero-order chi connectivity index (χ0) is 12.7. The average Bonchev–Trinajstić information content (AvgIpc) is 3.17. The van der Waals surface area contributed by atoms with Crippen LogP contribution < -0.4 is 0 Å². The first-order chi connectivity index (χ1) is 8.53. The van der Waals surface area contributed by atoms with E-state index < -0.39 is 0 Å². The predicted molar refractivity (Wildman–Crippen MR) is 75.4 cm³/mol. The highest BCUT2D eigenvalue weighted by Gasteiger charge is 2.72. The second-order valence-corrected chi connectivity index (χ2v) is 8.21. The lowest BCUT2D eigenvalue weighted by Gasteiger charge is -2.46. The summed E-state index contributed by atoms with van der Waals surface area (Å²) < 4.78 is 0. The maximum absolute atomic E-state index is 2.84. The zero-order valence-corrected chi connectivity index (χ0v) is 12.6. The summed E-state index contributed by atoms with van der Waals surface area (Å²) in [5.41, 5.74) is 1.46. The molecule has 1 nitrogen and oxygen atoms in total. The molecule has 4 rings (SSSR count). The minimum Gasteiger partial charge on any atom is -0.294 e. The van der Waals surface area contributed by atoms with Crippen LogP contribution in [0.2, 0.25) is 0 Å². The van der Waals surface area contributed by atoms with Gasteiger partial charge in [-0.2, -0.15) is 0 Å². The largest absolute Gasteiger partial charge is 0.294 e. The van der Waals surface area contributed by atoms with Gasteiger partial charge in [-0.05, 0) is 61.7 Å². The Hall–Kier alpha value is -0.0400. The van der Waals surface area contributed by atoms with Crippen molar-refractivity contribution in [1.29, 1.82) is 0 Å². The van der Waals surface area contributed by atoms with Crippen molar-refractivity contribution in [3.8, 4) is 0 Å². The molecule has 2 aliphatic carbocycles. The number of piperidine rings is 1. The normalized spacial score (nSPS) is 61.0. The van der Waals surface area contributed by atoms with Gasteiger partial charge in [0, 0.05) is 18.1 Å². The van der Waals surface area contributed by atoms with E-state index in [0.29, 0.717) is 5.41 Å². The van der Waals surface area contributed by atoms with Gasteiger partial charge in [-0.15, -0.1) is 0 Å². The summed E-state index contributed by atoms with van der Waals surface area (Å²) in [7, 11) is 0. The molecule has 0 aromatic heterocycles. The quantitative estimate of drug-likeness (QED) is 0.727. The highest BCUT2D eigenvalue weighted by molar-refractivity contribution is 5.26. The molecular weight excluding hydrogens is 218 g/mol. The Morgan fingerprint density at radius 2 is 1.94 bits per heavy atom. The molecule has 18 heavy (non-hydrogen) atoms. The lowest BCUT2D eigenvalue weighted by Crippen LogP contribution is -2.54. The van der Waals surface area contributed by atoms with Crippen LogP contribution in [0.4, 0.5) is 0 Å². The van der Waals surface area contributed by atoms with Gasteiger partial charge in [-0.3, -0.25) is 4.90 Å². The fraction of sp³-hybridized carbons (Fsp3) is 1.00. The summed E-state index contributed by atoms with van der Waals surface area (Å²) in [6.45, 7) is 11.3. The molecule has 102 valence electrons. The van der Waals surface area contributed by atoms with E-state index in [1.54, 1.807) is 6.42 Å². The molecule has 0 aromatic carbocycles. The summed E-state index contributed by atoms with van der Waals surface area (Å²) in [6, 6.07) is 0.903. The molecule has 0 N–H and O–H groups in total. The first-order valence-corrected chi connectivity index (χ1v) is 8.29. The van der Waals surface area contributed by atoms with Gasteiger partial charge in [-0.1, -0.05) is 27.2 Å². The van der Waals surface area contributed by atoms with Crippen molar-refractivity contribution in [3.05, 3.63) is 0 Å². The SMILES string of the molecule is CCC1(C)C(C)C1CCC1CN2C(C)CC23CC13. The van der Waals surface area contributed by atoms with Gasteiger partial charge < -0.3 is 0 Å². The number of rotatable bonds is 4. The summed E-state index contributed by atoms with van der Waals surface area (Å²) in [4.78, 5) is 2.84. The molecule has 4 aliphatic rings. The van der Waals surface area contributed by atoms with Crippen molar-refractivity contribution in [2.24, 2.45) is 29.1 Å². The Balaban J connectivity index is 1.33. The maximum atomic E-state index is 2.84. The Bertz CT molecular complexity index is 378. The summed E-state index contributed by atoms with van der Waals surface area (Å²) in [6.07, 6.45) is 7.50. The Morgan fingerprint density at radius 1 is 1.17 bits per heavy atom. The minimum atomic E-state index is 0.701. The molecular formula is C17H29N. The van der Waals surface area contributed by atoms with E-state index in [1.807, 2.05) is 0 Å². The first kappa shape index (κ1) is 11.8. The zero-order valence-electron chi connectivity index (χ0n) is 12.6. The molecule has 0 aromatic rings. The van der Waals surface area contributed by atoms with E-state index in [1.165, 1.54) is 32.2 Å². The molecule has 7 atom stereocenters. The topological polar surface area (TPSA) is 3.24 Å². The van der Waals surface area contributed by atoms with Crippen LogP contribution in [0.25, 0.3) is 0 Å². The molecule has 2 aliphatic heterocycles. The number of hydrogen-bond acceptors (Lipinski definition) is 1. The minimum absolute atomic E-state index is 0.701. The highest BCUT2D eigenvalue weighted by atomic mass is 15.4. The summed E-state index contributed by atoms with van der Waals surface area (Å²) >= 11 is 0. The van der Waals surface area contributed by atoms with Crippen LogP contribution in [0.1, 0.15) is 59.8 Å². The van der Waals surface area contributed by atoms with E-state index >= 15 is 0 Å². The maximum Gasteiger partial charge on any atom is 0.0262 e. The van der Waals surface area contributed by atoms with Gasteiger partial charge in [0.05, 0.1) is 0 Å². The van der Waals surface area contributed by atoms with Crippen molar-refractivity contribution in [2.75, 3.05) is 6.54 Å². The lowest BCUT2D eigenvalue weighted by atomic mass is 9.91. The molecule has 2 heterocycles. The van der Waals surface area contributed by atoms with Gasteiger partial charge in [-0.25, -0.2) is 0 Å². The second-order valence-electron chi connectivity index (χ2n) is 8.21. The smallest absolute Gasteiger partial charge is 0.0262 e. The van der Waals surface area contributed by atoms with E-state index in [9.17, 15) is 0 Å². The fourth-order valence-corrected chi connectivity index (χ4v) is 6.06.